The average molecular weight is 309 g/mol. The average Bonchev–Trinajstić information content (AvgIpc) is 2.98. The van der Waals surface area contributed by atoms with E-state index in [0.29, 0.717) is 0 Å². The molecule has 0 unspecified atom stereocenters. The van der Waals surface area contributed by atoms with Crippen molar-refractivity contribution in [3.05, 3.63) is 28.1 Å². The van der Waals surface area contributed by atoms with E-state index in [1.165, 1.54) is 11.3 Å². The zero-order valence-electron chi connectivity index (χ0n) is 12.6. The van der Waals surface area contributed by atoms with E-state index in [0.717, 1.165) is 9.56 Å². The van der Waals surface area contributed by atoms with Gasteiger partial charge in [-0.2, -0.15) is 4.68 Å². The van der Waals surface area contributed by atoms with Gasteiger partial charge in [0.25, 0.3) is 5.89 Å². The Morgan fingerprint density at radius 3 is 2.57 bits per heavy atom. The lowest BCUT2D eigenvalue weighted by atomic mass is 10.2. The van der Waals surface area contributed by atoms with Gasteiger partial charge in [0.2, 0.25) is 5.91 Å². The van der Waals surface area contributed by atoms with Gasteiger partial charge in [0.1, 0.15) is 6.54 Å². The Hall–Kier alpha value is -1.89. The molecule has 21 heavy (non-hydrogen) atoms. The SMILES string of the molecule is CC(C)N(C(=O)Cn1nc(-c2cccs2)oc1=O)C(C)C. The van der Waals surface area contributed by atoms with E-state index in [1.54, 1.807) is 4.90 Å². The Balaban J connectivity index is 2.20. The largest absolute Gasteiger partial charge is 0.437 e. The summed E-state index contributed by atoms with van der Waals surface area (Å²) in [5.41, 5.74) is 0. The summed E-state index contributed by atoms with van der Waals surface area (Å²) in [4.78, 5) is 26.6. The summed E-state index contributed by atoms with van der Waals surface area (Å²) in [6.07, 6.45) is 0. The molecule has 0 saturated carbocycles. The second-order valence-electron chi connectivity index (χ2n) is 5.30. The normalized spacial score (nSPS) is 11.3. The van der Waals surface area contributed by atoms with Crippen LogP contribution in [0.25, 0.3) is 10.8 Å². The fourth-order valence-electron chi connectivity index (χ4n) is 2.29. The Kier molecular flexibility index (Phi) is 4.62. The van der Waals surface area contributed by atoms with Crippen LogP contribution in [-0.4, -0.2) is 32.7 Å². The second-order valence-corrected chi connectivity index (χ2v) is 6.24. The van der Waals surface area contributed by atoms with Crippen LogP contribution in [0.5, 0.6) is 0 Å². The number of carbonyl (C=O) groups is 1. The summed E-state index contributed by atoms with van der Waals surface area (Å²) >= 11 is 1.43. The molecule has 0 aliphatic carbocycles. The van der Waals surface area contributed by atoms with Gasteiger partial charge in [-0.1, -0.05) is 6.07 Å². The molecular formula is C14H19N3O3S. The maximum absolute atomic E-state index is 12.3. The van der Waals surface area contributed by atoms with Crippen molar-refractivity contribution < 1.29 is 9.21 Å². The molecule has 2 aromatic heterocycles. The topological polar surface area (TPSA) is 68.3 Å². The van der Waals surface area contributed by atoms with E-state index in [-0.39, 0.29) is 30.4 Å². The molecule has 0 radical (unpaired) electrons. The molecule has 0 fully saturated rings. The highest BCUT2D eigenvalue weighted by molar-refractivity contribution is 7.13. The van der Waals surface area contributed by atoms with Crippen molar-refractivity contribution in [1.82, 2.24) is 14.7 Å². The highest BCUT2D eigenvalue weighted by atomic mass is 32.1. The van der Waals surface area contributed by atoms with Gasteiger partial charge < -0.3 is 9.32 Å². The van der Waals surface area contributed by atoms with Crippen LogP contribution < -0.4 is 5.76 Å². The fraction of sp³-hybridized carbons (Fsp3) is 0.500. The van der Waals surface area contributed by atoms with Gasteiger partial charge in [-0.3, -0.25) is 4.79 Å². The van der Waals surface area contributed by atoms with Crippen molar-refractivity contribution in [1.29, 1.82) is 0 Å². The molecule has 2 heterocycles. The first-order valence-electron chi connectivity index (χ1n) is 6.83. The molecule has 0 saturated heterocycles. The predicted octanol–water partition coefficient (Wildman–Crippen LogP) is 2.21. The maximum atomic E-state index is 12.3. The maximum Gasteiger partial charge on any atom is 0.437 e. The molecule has 2 rings (SSSR count). The number of hydrogen-bond donors (Lipinski definition) is 0. The van der Waals surface area contributed by atoms with Crippen LogP contribution >= 0.6 is 11.3 Å². The number of hydrogen-bond acceptors (Lipinski definition) is 5. The lowest BCUT2D eigenvalue weighted by Gasteiger charge is -2.30. The van der Waals surface area contributed by atoms with Crippen LogP contribution in [0.2, 0.25) is 0 Å². The molecule has 1 amide bonds. The van der Waals surface area contributed by atoms with E-state index >= 15 is 0 Å². The number of thiophene rings is 1. The van der Waals surface area contributed by atoms with E-state index < -0.39 is 5.76 Å². The fourth-order valence-corrected chi connectivity index (χ4v) is 2.93. The first-order valence-corrected chi connectivity index (χ1v) is 7.71. The molecule has 114 valence electrons. The molecule has 6 nitrogen and oxygen atoms in total. The third-order valence-corrected chi connectivity index (χ3v) is 3.88. The zero-order valence-corrected chi connectivity index (χ0v) is 13.4. The molecule has 0 spiro atoms. The molecule has 7 heteroatoms. The van der Waals surface area contributed by atoms with Crippen molar-refractivity contribution in [3.63, 3.8) is 0 Å². The van der Waals surface area contributed by atoms with Crippen molar-refractivity contribution in [2.45, 2.75) is 46.3 Å². The van der Waals surface area contributed by atoms with Crippen LogP contribution in [-0.2, 0) is 11.3 Å². The Bertz CT molecular complexity index is 647. The van der Waals surface area contributed by atoms with Gasteiger partial charge in [-0.05, 0) is 39.1 Å². The standard InChI is InChI=1S/C14H19N3O3S/c1-9(2)17(10(3)4)12(18)8-16-14(19)20-13(15-16)11-6-5-7-21-11/h5-7,9-10H,8H2,1-4H3. The van der Waals surface area contributed by atoms with Gasteiger partial charge >= 0.3 is 5.76 Å². The Morgan fingerprint density at radius 2 is 2.05 bits per heavy atom. The van der Waals surface area contributed by atoms with Crippen molar-refractivity contribution >= 4 is 17.2 Å². The zero-order chi connectivity index (χ0) is 15.6. The first kappa shape index (κ1) is 15.5. The summed E-state index contributed by atoms with van der Waals surface area (Å²) in [5, 5.41) is 5.97. The van der Waals surface area contributed by atoms with Crippen molar-refractivity contribution in [2.75, 3.05) is 0 Å². The Morgan fingerprint density at radius 1 is 1.38 bits per heavy atom. The summed E-state index contributed by atoms with van der Waals surface area (Å²) in [6.45, 7) is 7.67. The monoisotopic (exact) mass is 309 g/mol. The van der Waals surface area contributed by atoms with Gasteiger partial charge in [0.15, 0.2) is 0 Å². The smallest absolute Gasteiger partial charge is 0.387 e. The van der Waals surface area contributed by atoms with Crippen molar-refractivity contribution in [3.8, 4) is 10.8 Å². The minimum atomic E-state index is -0.612. The molecule has 0 bridgehead atoms. The van der Waals surface area contributed by atoms with Crippen LogP contribution in [0.1, 0.15) is 27.7 Å². The number of rotatable bonds is 5. The van der Waals surface area contributed by atoms with E-state index in [2.05, 4.69) is 5.10 Å². The van der Waals surface area contributed by atoms with E-state index in [1.807, 2.05) is 45.2 Å². The number of amides is 1. The highest BCUT2D eigenvalue weighted by Gasteiger charge is 2.22. The summed E-state index contributed by atoms with van der Waals surface area (Å²) in [7, 11) is 0. The minimum absolute atomic E-state index is 0.0665. The number of aromatic nitrogens is 2. The second kappa shape index (κ2) is 6.26. The number of nitrogens with zero attached hydrogens (tertiary/aromatic N) is 3. The highest BCUT2D eigenvalue weighted by Crippen LogP contribution is 2.21. The molecule has 0 aliphatic rings. The van der Waals surface area contributed by atoms with Gasteiger partial charge in [-0.25, -0.2) is 4.79 Å². The molecule has 0 N–H and O–H groups in total. The molecule has 0 atom stereocenters. The van der Waals surface area contributed by atoms with Crippen LogP contribution in [0.3, 0.4) is 0 Å². The minimum Gasteiger partial charge on any atom is -0.387 e. The number of carbonyl (C=O) groups excluding carboxylic acids is 1. The third-order valence-electron chi connectivity index (χ3n) is 3.02. The summed E-state index contributed by atoms with van der Waals surface area (Å²) in [5.74, 6) is -0.504. The third kappa shape index (κ3) is 3.41. The van der Waals surface area contributed by atoms with E-state index in [9.17, 15) is 9.59 Å². The Labute approximate surface area is 127 Å². The molecule has 0 aliphatic heterocycles. The van der Waals surface area contributed by atoms with Crippen LogP contribution in [0, 0.1) is 0 Å². The summed E-state index contributed by atoms with van der Waals surface area (Å²) in [6, 6.07) is 3.80. The van der Waals surface area contributed by atoms with Gasteiger partial charge in [-0.15, -0.1) is 16.4 Å². The van der Waals surface area contributed by atoms with Crippen LogP contribution in [0.4, 0.5) is 0 Å². The van der Waals surface area contributed by atoms with Gasteiger partial charge in [0.05, 0.1) is 4.88 Å². The quantitative estimate of drug-likeness (QED) is 0.849. The van der Waals surface area contributed by atoms with Crippen molar-refractivity contribution in [2.24, 2.45) is 0 Å². The van der Waals surface area contributed by atoms with Gasteiger partial charge in [0, 0.05) is 12.1 Å². The molecule has 2 aromatic rings. The lowest BCUT2D eigenvalue weighted by Crippen LogP contribution is -2.44. The lowest BCUT2D eigenvalue weighted by molar-refractivity contribution is -0.135. The predicted molar refractivity (Wildman–Crippen MR) is 81.2 cm³/mol. The van der Waals surface area contributed by atoms with Crippen LogP contribution in [0.15, 0.2) is 26.7 Å². The first-order chi connectivity index (χ1) is 9.90. The molecular weight excluding hydrogens is 290 g/mol. The van der Waals surface area contributed by atoms with E-state index in [4.69, 9.17) is 4.42 Å². The molecule has 0 aromatic carbocycles. The summed E-state index contributed by atoms with van der Waals surface area (Å²) < 4.78 is 6.18.